The van der Waals surface area contributed by atoms with Gasteiger partial charge in [0, 0.05) is 18.6 Å². The van der Waals surface area contributed by atoms with Crippen molar-refractivity contribution in [3.05, 3.63) is 71.7 Å². The van der Waals surface area contributed by atoms with Crippen LogP contribution in [0.5, 0.6) is 0 Å². The van der Waals surface area contributed by atoms with E-state index in [0.29, 0.717) is 11.1 Å². The highest BCUT2D eigenvalue weighted by Crippen LogP contribution is 2.40. The van der Waals surface area contributed by atoms with E-state index in [4.69, 9.17) is 0 Å². The van der Waals surface area contributed by atoms with Crippen molar-refractivity contribution in [2.75, 3.05) is 0 Å². The molecule has 2 aromatic heterocycles. The number of hydrogen-bond acceptors (Lipinski definition) is 3. The van der Waals surface area contributed by atoms with Crippen molar-refractivity contribution in [2.24, 2.45) is 0 Å². The number of pyridine rings is 1. The van der Waals surface area contributed by atoms with E-state index in [9.17, 15) is 9.59 Å². The molecule has 0 aliphatic carbocycles. The van der Waals surface area contributed by atoms with Crippen molar-refractivity contribution in [2.45, 2.75) is 18.9 Å². The molecule has 1 unspecified atom stereocenters. The monoisotopic (exact) mass is 329 g/mol. The Morgan fingerprint density at radius 3 is 2.72 bits per heavy atom. The van der Waals surface area contributed by atoms with E-state index in [1.807, 2.05) is 6.20 Å². The smallest absolute Gasteiger partial charge is 0.259 e. The highest BCUT2D eigenvalue weighted by molar-refractivity contribution is 6.36. The van der Waals surface area contributed by atoms with Gasteiger partial charge in [-0.25, -0.2) is 0 Å². The van der Waals surface area contributed by atoms with Crippen molar-refractivity contribution in [3.8, 4) is 0 Å². The quantitative estimate of drug-likeness (QED) is 0.735. The molecule has 122 valence electrons. The van der Waals surface area contributed by atoms with E-state index in [1.165, 1.54) is 5.56 Å². The maximum atomic E-state index is 12.6. The summed E-state index contributed by atoms with van der Waals surface area (Å²) in [6.45, 7) is 0. The molecule has 0 fully saturated rings. The van der Waals surface area contributed by atoms with E-state index in [0.717, 1.165) is 29.3 Å². The van der Waals surface area contributed by atoms with Crippen LogP contribution >= 0.6 is 0 Å². The standard InChI is InChI=1S/C20H15N3O2/c24-19-16(12-6-9-21-10-7-12)17(20(25)22-19)15-5-4-13-2-1-3-14-8-11-23(15)18(13)14/h1-3,6-11,15H,4-5H2,(H,22,24,25). The van der Waals surface area contributed by atoms with E-state index < -0.39 is 0 Å². The number of hydrogen-bond donors (Lipinski definition) is 1. The number of rotatable bonds is 2. The molecule has 0 spiro atoms. The maximum Gasteiger partial charge on any atom is 0.259 e. The summed E-state index contributed by atoms with van der Waals surface area (Å²) in [5.74, 6) is -0.614. The number of imide groups is 1. The third-order valence-electron chi connectivity index (χ3n) is 5.12. The number of nitrogens with zero attached hydrogens (tertiary/aromatic N) is 2. The van der Waals surface area contributed by atoms with Crippen LogP contribution in [0.3, 0.4) is 0 Å². The highest BCUT2D eigenvalue weighted by atomic mass is 16.2. The van der Waals surface area contributed by atoms with Gasteiger partial charge in [0.2, 0.25) is 0 Å². The number of nitrogens with one attached hydrogen (secondary N) is 1. The molecule has 5 nitrogen and oxygen atoms in total. The molecule has 2 amide bonds. The molecule has 2 aliphatic heterocycles. The number of aryl methyl sites for hydroxylation is 1. The van der Waals surface area contributed by atoms with Gasteiger partial charge in [0.15, 0.2) is 0 Å². The van der Waals surface area contributed by atoms with Crippen LogP contribution in [0.15, 0.2) is 60.6 Å². The minimum Gasteiger partial charge on any atom is -0.340 e. The lowest BCUT2D eigenvalue weighted by Crippen LogP contribution is -2.26. The molecule has 0 saturated heterocycles. The van der Waals surface area contributed by atoms with Crippen molar-refractivity contribution in [3.63, 3.8) is 0 Å². The Hall–Kier alpha value is -3.21. The molecule has 5 rings (SSSR count). The normalized spacial score (nSPS) is 19.6. The Morgan fingerprint density at radius 1 is 1.04 bits per heavy atom. The topological polar surface area (TPSA) is 64.0 Å². The van der Waals surface area contributed by atoms with Gasteiger partial charge in [-0.15, -0.1) is 0 Å². The van der Waals surface area contributed by atoms with Gasteiger partial charge < -0.3 is 4.57 Å². The lowest BCUT2D eigenvalue weighted by atomic mass is 9.90. The molecule has 1 atom stereocenters. The Balaban J connectivity index is 1.75. The highest BCUT2D eigenvalue weighted by Gasteiger charge is 2.38. The second-order valence-electron chi connectivity index (χ2n) is 6.44. The molecule has 1 N–H and O–H groups in total. The number of aromatic nitrogens is 2. The van der Waals surface area contributed by atoms with Crippen LogP contribution in [-0.4, -0.2) is 21.4 Å². The number of para-hydroxylation sites is 1. The molecule has 5 heteroatoms. The van der Waals surface area contributed by atoms with Crippen molar-refractivity contribution >= 4 is 28.3 Å². The first kappa shape index (κ1) is 14.2. The zero-order valence-corrected chi connectivity index (χ0v) is 13.4. The molecule has 3 aromatic rings. The summed E-state index contributed by atoms with van der Waals surface area (Å²) in [6.07, 6.45) is 6.98. The number of carbonyl (C=O) groups excluding carboxylic acids is 2. The first-order valence-corrected chi connectivity index (χ1v) is 8.33. The number of carbonyl (C=O) groups is 2. The first-order chi connectivity index (χ1) is 12.2. The lowest BCUT2D eigenvalue weighted by molar-refractivity contribution is -0.123. The van der Waals surface area contributed by atoms with E-state index >= 15 is 0 Å². The molecule has 2 aliphatic rings. The fourth-order valence-corrected chi connectivity index (χ4v) is 4.06. The summed E-state index contributed by atoms with van der Waals surface area (Å²) in [7, 11) is 0. The van der Waals surface area contributed by atoms with Crippen LogP contribution in [0.2, 0.25) is 0 Å². The zero-order chi connectivity index (χ0) is 17.0. The van der Waals surface area contributed by atoms with Gasteiger partial charge in [-0.05, 0) is 47.6 Å². The molecule has 0 radical (unpaired) electrons. The fourth-order valence-electron chi connectivity index (χ4n) is 4.06. The van der Waals surface area contributed by atoms with Crippen LogP contribution in [0.4, 0.5) is 0 Å². The Bertz CT molecular complexity index is 1060. The van der Waals surface area contributed by atoms with Crippen molar-refractivity contribution < 1.29 is 9.59 Å². The Labute approximate surface area is 144 Å². The summed E-state index contributed by atoms with van der Waals surface area (Å²) in [5.41, 5.74) is 4.21. The predicted octanol–water partition coefficient (Wildman–Crippen LogP) is 2.63. The minimum atomic E-state index is -0.326. The summed E-state index contributed by atoms with van der Waals surface area (Å²) in [4.78, 5) is 29.1. The fraction of sp³-hybridized carbons (Fsp3) is 0.150. The molecule has 0 bridgehead atoms. The van der Waals surface area contributed by atoms with Crippen LogP contribution in [-0.2, 0) is 16.0 Å². The Kier molecular flexibility index (Phi) is 2.91. The summed E-state index contributed by atoms with van der Waals surface area (Å²) >= 11 is 0. The molecule has 25 heavy (non-hydrogen) atoms. The van der Waals surface area contributed by atoms with Gasteiger partial charge in [0.1, 0.15) is 0 Å². The van der Waals surface area contributed by atoms with Gasteiger partial charge in [0.05, 0.1) is 22.7 Å². The molecule has 1 aromatic carbocycles. The van der Waals surface area contributed by atoms with Crippen LogP contribution < -0.4 is 5.32 Å². The SMILES string of the molecule is O=C1NC(=O)C(C2CCc3cccc4ccn2c34)=C1c1ccncc1. The van der Waals surface area contributed by atoms with E-state index in [2.05, 4.69) is 39.1 Å². The average Bonchev–Trinajstić information content (AvgIpc) is 3.19. The minimum absolute atomic E-state index is 0.137. The maximum absolute atomic E-state index is 12.6. The van der Waals surface area contributed by atoms with Crippen LogP contribution in [0.1, 0.15) is 23.6 Å². The van der Waals surface area contributed by atoms with Gasteiger partial charge in [-0.2, -0.15) is 0 Å². The lowest BCUT2D eigenvalue weighted by Gasteiger charge is -2.27. The predicted molar refractivity (Wildman–Crippen MR) is 93.6 cm³/mol. The first-order valence-electron chi connectivity index (χ1n) is 8.33. The molecular formula is C20H15N3O2. The molecular weight excluding hydrogens is 314 g/mol. The van der Waals surface area contributed by atoms with Crippen molar-refractivity contribution in [1.29, 1.82) is 0 Å². The average molecular weight is 329 g/mol. The molecule has 4 heterocycles. The number of benzene rings is 1. The van der Waals surface area contributed by atoms with Gasteiger partial charge in [-0.1, -0.05) is 18.2 Å². The van der Waals surface area contributed by atoms with E-state index in [-0.39, 0.29) is 17.9 Å². The Morgan fingerprint density at radius 2 is 1.88 bits per heavy atom. The van der Waals surface area contributed by atoms with Crippen LogP contribution in [0, 0.1) is 0 Å². The van der Waals surface area contributed by atoms with Crippen LogP contribution in [0.25, 0.3) is 16.5 Å². The second kappa shape index (κ2) is 5.14. The second-order valence-corrected chi connectivity index (χ2v) is 6.44. The third kappa shape index (κ3) is 1.99. The summed E-state index contributed by atoms with van der Waals surface area (Å²) < 4.78 is 2.14. The summed E-state index contributed by atoms with van der Waals surface area (Å²) in [5, 5.41) is 3.64. The van der Waals surface area contributed by atoms with Gasteiger partial charge >= 0.3 is 0 Å². The van der Waals surface area contributed by atoms with Gasteiger partial charge in [0.25, 0.3) is 11.8 Å². The number of amides is 2. The van der Waals surface area contributed by atoms with Gasteiger partial charge in [-0.3, -0.25) is 19.9 Å². The zero-order valence-electron chi connectivity index (χ0n) is 13.4. The largest absolute Gasteiger partial charge is 0.340 e. The molecule has 0 saturated carbocycles. The summed E-state index contributed by atoms with van der Waals surface area (Å²) in [6, 6.07) is 11.8. The van der Waals surface area contributed by atoms with E-state index in [1.54, 1.807) is 24.5 Å². The third-order valence-corrected chi connectivity index (χ3v) is 5.12. The van der Waals surface area contributed by atoms with Crippen molar-refractivity contribution in [1.82, 2.24) is 14.9 Å².